The molecule has 0 aliphatic rings. The molecule has 0 spiro atoms. The number of nitro groups is 2. The Morgan fingerprint density at radius 2 is 1.19 bits per heavy atom. The summed E-state index contributed by atoms with van der Waals surface area (Å²) in [6.07, 6.45) is -1.79. The maximum absolute atomic E-state index is 10.8. The summed E-state index contributed by atoms with van der Waals surface area (Å²) in [5, 5.41) is 20.6. The maximum Gasteiger partial charge on any atom is 0.515 e. The quantitative estimate of drug-likeness (QED) is 0.105. The van der Waals surface area contributed by atoms with E-state index in [1.165, 1.54) is 48.5 Å². The second-order valence-electron chi connectivity index (χ2n) is 4.71. The van der Waals surface area contributed by atoms with Gasteiger partial charge in [-0.1, -0.05) is 19.0 Å². The minimum absolute atomic E-state index is 0. The van der Waals surface area contributed by atoms with Crippen molar-refractivity contribution in [1.29, 1.82) is 0 Å². The molecule has 2 aromatic carbocycles. The fourth-order valence-corrected chi connectivity index (χ4v) is 1.96. The average molecular weight is 574 g/mol. The third kappa shape index (κ3) is 10.9. The summed E-state index contributed by atoms with van der Waals surface area (Å²) >= 11 is 6.96. The molecule has 2 aromatic rings. The first-order valence-corrected chi connectivity index (χ1v) is 9.63. The molecule has 0 N–H and O–H groups in total. The van der Waals surface area contributed by atoms with Crippen LogP contribution in [-0.4, -0.2) is 32.8 Å². The minimum Gasteiger partial charge on any atom is -0.423 e. The van der Waals surface area contributed by atoms with E-state index in [-0.39, 0.29) is 42.4 Å². The molecule has 0 saturated heterocycles. The Balaban J connectivity index is 0. The molecule has 0 aromatic heterocycles. The van der Waals surface area contributed by atoms with Gasteiger partial charge in [-0.25, -0.2) is 9.59 Å². The molecule has 0 fully saturated rings. The molecule has 0 radical (unpaired) electrons. The van der Waals surface area contributed by atoms with Gasteiger partial charge in [-0.15, -0.1) is 0 Å². The Kier molecular flexibility index (Phi) is 13.2. The van der Waals surface area contributed by atoms with Crippen molar-refractivity contribution in [2.45, 2.75) is 7.43 Å². The number of nitro benzene ring substituents is 2. The van der Waals surface area contributed by atoms with Gasteiger partial charge in [0.25, 0.3) is 11.4 Å². The Hall–Kier alpha value is -3.20. The molecule has 31 heavy (non-hydrogen) atoms. The standard InChI is InChI=1S/C8H6ClNO5.C8H6INO5.CH4.H2/c2*9-5-14-8(11)15-7-3-1-6(2-4-7)10(12)13;;/h2*1-4H,5H2;1H4;1H/i;;;1+1. The first-order valence-electron chi connectivity index (χ1n) is 7.57. The van der Waals surface area contributed by atoms with E-state index >= 15 is 0 Å². The van der Waals surface area contributed by atoms with Gasteiger partial charge in [-0.3, -0.25) is 20.2 Å². The Labute approximate surface area is 195 Å². The largest absolute Gasteiger partial charge is 0.515 e. The number of hydrogen-bond donors (Lipinski definition) is 0. The zero-order valence-corrected chi connectivity index (χ0v) is 17.7. The van der Waals surface area contributed by atoms with E-state index in [2.05, 4.69) is 14.2 Å². The number of carbonyl (C=O) groups excluding carboxylic acids is 2. The van der Waals surface area contributed by atoms with Gasteiger partial charge in [-0.2, -0.15) is 0 Å². The molecule has 0 saturated carbocycles. The third-order valence-electron chi connectivity index (χ3n) is 2.84. The van der Waals surface area contributed by atoms with Gasteiger partial charge in [0.2, 0.25) is 0 Å². The summed E-state index contributed by atoms with van der Waals surface area (Å²) in [5.74, 6) is 0.353. The van der Waals surface area contributed by atoms with Gasteiger partial charge in [0.05, 0.1) is 9.85 Å². The topological polar surface area (TPSA) is 157 Å². The zero-order chi connectivity index (χ0) is 22.5. The third-order valence-corrected chi connectivity index (χ3v) is 3.26. The highest BCUT2D eigenvalue weighted by molar-refractivity contribution is 14.1. The van der Waals surface area contributed by atoms with Crippen LogP contribution in [0.5, 0.6) is 11.5 Å². The van der Waals surface area contributed by atoms with Crippen molar-refractivity contribution in [3.63, 3.8) is 0 Å². The van der Waals surface area contributed by atoms with Crippen LogP contribution < -0.4 is 9.47 Å². The molecule has 12 nitrogen and oxygen atoms in total. The molecule has 0 heterocycles. The van der Waals surface area contributed by atoms with Crippen molar-refractivity contribution in [3.05, 3.63) is 68.8 Å². The number of ether oxygens (including phenoxy) is 4. The monoisotopic (exact) mass is 573 g/mol. The number of rotatable bonds is 6. The van der Waals surface area contributed by atoms with Gasteiger partial charge < -0.3 is 18.9 Å². The first-order chi connectivity index (χ1) is 14.3. The Bertz CT molecular complexity index is 810. The molecular weight excluding hydrogens is 555 g/mol. The lowest BCUT2D eigenvalue weighted by atomic mass is 10.3. The molecule has 0 aliphatic carbocycles. The first kappa shape index (κ1) is 27.8. The molecule has 0 aliphatic heterocycles. The molecule has 0 bridgehead atoms. The molecule has 0 amide bonds. The molecular formula is C17H18ClIN2O10. The van der Waals surface area contributed by atoms with Crippen LogP contribution in [0.15, 0.2) is 48.5 Å². The van der Waals surface area contributed by atoms with Crippen LogP contribution in [-0.2, 0) is 9.47 Å². The lowest BCUT2D eigenvalue weighted by Crippen LogP contribution is -2.09. The van der Waals surface area contributed by atoms with Crippen molar-refractivity contribution in [3.8, 4) is 11.5 Å². The second kappa shape index (κ2) is 14.7. The lowest BCUT2D eigenvalue weighted by Gasteiger charge is -2.02. The molecule has 14 heteroatoms. The van der Waals surface area contributed by atoms with Gasteiger partial charge in [0.1, 0.15) is 16.1 Å². The molecule has 2 rings (SSSR count). The van der Waals surface area contributed by atoms with Crippen LogP contribution in [0, 0.1) is 20.2 Å². The van der Waals surface area contributed by atoms with Crippen molar-refractivity contribution >= 4 is 57.9 Å². The number of halogens is 2. The van der Waals surface area contributed by atoms with Crippen molar-refractivity contribution < 1.29 is 39.8 Å². The fourth-order valence-electron chi connectivity index (χ4n) is 1.61. The van der Waals surface area contributed by atoms with Crippen LogP contribution in [0.25, 0.3) is 0 Å². The number of alkyl halides is 2. The van der Waals surface area contributed by atoms with Crippen LogP contribution in [0.4, 0.5) is 21.0 Å². The predicted molar refractivity (Wildman–Crippen MR) is 119 cm³/mol. The predicted octanol–water partition coefficient (Wildman–Crippen LogP) is 5.69. The zero-order valence-electron chi connectivity index (χ0n) is 14.8. The van der Waals surface area contributed by atoms with Gasteiger partial charge >= 0.3 is 12.3 Å². The van der Waals surface area contributed by atoms with E-state index in [9.17, 15) is 29.8 Å². The van der Waals surface area contributed by atoms with E-state index in [0.717, 1.165) is 0 Å². The summed E-state index contributed by atoms with van der Waals surface area (Å²) in [5.41, 5.74) is -0.155. The number of nitrogens with zero attached hydrogens (tertiary/aromatic N) is 2. The number of non-ortho nitro benzene ring substituents is 2. The van der Waals surface area contributed by atoms with Gasteiger partial charge in [0, 0.05) is 25.7 Å². The van der Waals surface area contributed by atoms with E-state index in [0.29, 0.717) is 0 Å². The summed E-state index contributed by atoms with van der Waals surface area (Å²) < 4.78 is 18.3. The highest BCUT2D eigenvalue weighted by Gasteiger charge is 2.09. The average Bonchev–Trinajstić information content (AvgIpc) is 2.69. The number of hydrogen-bond acceptors (Lipinski definition) is 10. The van der Waals surface area contributed by atoms with E-state index in [4.69, 9.17) is 16.3 Å². The molecule has 0 atom stereocenters. The summed E-state index contributed by atoms with van der Waals surface area (Å²) in [4.78, 5) is 41.1. The molecule has 170 valence electrons. The van der Waals surface area contributed by atoms with Crippen molar-refractivity contribution in [2.24, 2.45) is 0 Å². The van der Waals surface area contributed by atoms with Gasteiger partial charge in [-0.05, 0) is 46.9 Å². The fraction of sp³-hybridized carbons (Fsp3) is 0.176. The Morgan fingerprint density at radius 3 is 1.48 bits per heavy atom. The Morgan fingerprint density at radius 1 is 0.839 bits per heavy atom. The van der Waals surface area contributed by atoms with E-state index < -0.39 is 22.2 Å². The highest BCUT2D eigenvalue weighted by atomic mass is 127. The van der Waals surface area contributed by atoms with Crippen molar-refractivity contribution in [1.82, 2.24) is 0 Å². The summed E-state index contributed by atoms with van der Waals surface area (Å²) in [6.45, 7) is 0. The van der Waals surface area contributed by atoms with Crippen LogP contribution in [0.2, 0.25) is 0 Å². The van der Waals surface area contributed by atoms with Crippen molar-refractivity contribution in [2.75, 3.05) is 10.7 Å². The smallest absolute Gasteiger partial charge is 0.423 e. The van der Waals surface area contributed by atoms with Crippen LogP contribution >= 0.6 is 34.2 Å². The van der Waals surface area contributed by atoms with Crippen LogP contribution in [0.3, 0.4) is 0 Å². The van der Waals surface area contributed by atoms with Crippen LogP contribution in [0.1, 0.15) is 8.85 Å². The minimum atomic E-state index is -0.959. The lowest BCUT2D eigenvalue weighted by molar-refractivity contribution is -0.385. The second-order valence-corrected chi connectivity index (χ2v) is 5.55. The number of benzene rings is 2. The highest BCUT2D eigenvalue weighted by Crippen LogP contribution is 2.18. The van der Waals surface area contributed by atoms with Gasteiger partial charge in [0.15, 0.2) is 6.07 Å². The summed E-state index contributed by atoms with van der Waals surface area (Å²) in [6, 6.07) is 9.82. The molecule has 0 unspecified atom stereocenters. The van der Waals surface area contributed by atoms with E-state index in [1.54, 1.807) is 0 Å². The summed E-state index contributed by atoms with van der Waals surface area (Å²) in [7, 11) is 0. The SMILES string of the molecule is C.O=C(OCCl)Oc1ccc([N+](=O)[O-])cc1.O=C(OCI)Oc1ccc([N+](=O)[O-])cc1.[2HH]. The maximum atomic E-state index is 10.8. The normalized spacial score (nSPS) is 9.10. The number of carbonyl (C=O) groups is 2. The van der Waals surface area contributed by atoms with E-state index in [1.807, 2.05) is 22.6 Å².